The number of aryl methyl sites for hydroxylation is 1. The molecule has 136 valence electrons. The minimum absolute atomic E-state index is 0.0769. The van der Waals surface area contributed by atoms with Gasteiger partial charge in [0.05, 0.1) is 23.9 Å². The molecule has 1 heterocycles. The summed E-state index contributed by atoms with van der Waals surface area (Å²) in [7, 11) is 1.62. The second kappa shape index (κ2) is 8.38. The Balaban J connectivity index is 1.47. The summed E-state index contributed by atoms with van der Waals surface area (Å²) in [4.78, 5) is 16.5. The van der Waals surface area contributed by atoms with E-state index in [1.54, 1.807) is 13.2 Å². The fourth-order valence-electron chi connectivity index (χ4n) is 2.40. The van der Waals surface area contributed by atoms with Gasteiger partial charge in [-0.25, -0.2) is 4.98 Å². The molecule has 0 saturated carbocycles. The second-order valence-corrected chi connectivity index (χ2v) is 7.20. The van der Waals surface area contributed by atoms with Crippen molar-refractivity contribution in [3.8, 4) is 11.5 Å². The Kier molecular flexibility index (Phi) is 5.96. The van der Waals surface area contributed by atoms with Gasteiger partial charge in [0.2, 0.25) is 5.91 Å². The van der Waals surface area contributed by atoms with Crippen LogP contribution in [-0.2, 0) is 4.79 Å². The van der Waals surface area contributed by atoms with Crippen LogP contribution in [-0.4, -0.2) is 24.6 Å². The van der Waals surface area contributed by atoms with E-state index < -0.39 is 0 Å². The van der Waals surface area contributed by atoms with Gasteiger partial charge in [0, 0.05) is 11.4 Å². The predicted octanol–water partition coefficient (Wildman–Crippen LogP) is 5.06. The lowest BCUT2D eigenvalue weighted by Gasteiger charge is -2.07. The lowest BCUT2D eigenvalue weighted by molar-refractivity contribution is -0.116. The Morgan fingerprint density at radius 2 is 2.04 bits per heavy atom. The summed E-state index contributed by atoms with van der Waals surface area (Å²) in [5, 5.41) is 4.14. The molecule has 26 heavy (non-hydrogen) atoms. The number of hydrogen-bond donors (Lipinski definition) is 1. The maximum Gasteiger partial charge on any atom is 0.226 e. The van der Waals surface area contributed by atoms with Crippen LogP contribution in [0.4, 0.5) is 5.13 Å². The number of amides is 1. The first-order valence-electron chi connectivity index (χ1n) is 8.18. The standard InChI is InChI=1S/C19H19ClN2O3S/c1-12-10-14(5-7-15(12)20)25-9-3-4-18(23)22-19-21-16-8-6-13(24-2)11-17(16)26-19/h5-8,10-11H,3-4,9H2,1-2H3,(H,21,22,23). The van der Waals surface area contributed by atoms with Crippen molar-refractivity contribution in [2.45, 2.75) is 19.8 Å². The molecule has 1 N–H and O–H groups in total. The first kappa shape index (κ1) is 18.5. The third-order valence-corrected chi connectivity index (χ3v) is 5.15. The highest BCUT2D eigenvalue weighted by molar-refractivity contribution is 7.22. The summed E-state index contributed by atoms with van der Waals surface area (Å²) in [6, 6.07) is 11.2. The van der Waals surface area contributed by atoms with E-state index in [4.69, 9.17) is 21.1 Å². The molecular formula is C19H19ClN2O3S. The number of fused-ring (bicyclic) bond motifs is 1. The predicted molar refractivity (Wildman–Crippen MR) is 106 cm³/mol. The van der Waals surface area contributed by atoms with E-state index in [-0.39, 0.29) is 5.91 Å². The molecule has 3 aromatic rings. The summed E-state index contributed by atoms with van der Waals surface area (Å²) >= 11 is 7.41. The number of nitrogens with one attached hydrogen (secondary N) is 1. The van der Waals surface area contributed by atoms with Crippen molar-refractivity contribution in [1.29, 1.82) is 0 Å². The minimum atomic E-state index is -0.0769. The summed E-state index contributed by atoms with van der Waals surface area (Å²) in [5.74, 6) is 1.45. The monoisotopic (exact) mass is 390 g/mol. The molecule has 0 fully saturated rings. The van der Waals surface area contributed by atoms with E-state index in [2.05, 4.69) is 10.3 Å². The highest BCUT2D eigenvalue weighted by Crippen LogP contribution is 2.29. The van der Waals surface area contributed by atoms with Gasteiger partial charge >= 0.3 is 0 Å². The van der Waals surface area contributed by atoms with Gasteiger partial charge < -0.3 is 14.8 Å². The van der Waals surface area contributed by atoms with Crippen molar-refractivity contribution >= 4 is 44.2 Å². The van der Waals surface area contributed by atoms with Crippen molar-refractivity contribution in [3.05, 3.63) is 47.0 Å². The van der Waals surface area contributed by atoms with E-state index >= 15 is 0 Å². The van der Waals surface area contributed by atoms with Gasteiger partial charge in [-0.15, -0.1) is 0 Å². The normalized spacial score (nSPS) is 10.7. The fraction of sp³-hybridized carbons (Fsp3) is 0.263. The van der Waals surface area contributed by atoms with Crippen LogP contribution < -0.4 is 14.8 Å². The number of halogens is 1. The molecular weight excluding hydrogens is 372 g/mol. The molecule has 0 atom stereocenters. The molecule has 0 spiro atoms. The number of aromatic nitrogens is 1. The number of benzene rings is 2. The summed E-state index contributed by atoms with van der Waals surface area (Å²) in [6.07, 6.45) is 0.984. The second-order valence-electron chi connectivity index (χ2n) is 5.76. The number of carbonyl (C=O) groups excluding carboxylic acids is 1. The molecule has 0 aliphatic rings. The quantitative estimate of drug-likeness (QED) is 0.572. The number of rotatable bonds is 7. The van der Waals surface area contributed by atoms with Crippen molar-refractivity contribution in [1.82, 2.24) is 4.98 Å². The van der Waals surface area contributed by atoms with E-state index in [9.17, 15) is 4.79 Å². The van der Waals surface area contributed by atoms with Crippen LogP contribution >= 0.6 is 22.9 Å². The number of carbonyl (C=O) groups is 1. The average Bonchev–Trinajstić information content (AvgIpc) is 3.02. The van der Waals surface area contributed by atoms with E-state index in [0.29, 0.717) is 29.6 Å². The molecule has 0 aliphatic carbocycles. The molecule has 0 radical (unpaired) electrons. The highest BCUT2D eigenvalue weighted by atomic mass is 35.5. The summed E-state index contributed by atoms with van der Waals surface area (Å²) in [6.45, 7) is 2.39. The number of thiazole rings is 1. The van der Waals surface area contributed by atoms with Crippen molar-refractivity contribution < 1.29 is 14.3 Å². The third kappa shape index (κ3) is 4.65. The first-order chi connectivity index (χ1) is 12.5. The Morgan fingerprint density at radius 3 is 2.81 bits per heavy atom. The molecule has 1 aromatic heterocycles. The number of hydrogen-bond acceptors (Lipinski definition) is 5. The molecule has 2 aromatic carbocycles. The third-order valence-electron chi connectivity index (χ3n) is 3.79. The van der Waals surface area contributed by atoms with Crippen LogP contribution in [0.15, 0.2) is 36.4 Å². The van der Waals surface area contributed by atoms with Gasteiger partial charge in [0.1, 0.15) is 11.5 Å². The topological polar surface area (TPSA) is 60.5 Å². The maximum absolute atomic E-state index is 12.1. The molecule has 1 amide bonds. The maximum atomic E-state index is 12.1. The van der Waals surface area contributed by atoms with Gasteiger partial charge in [0.15, 0.2) is 5.13 Å². The van der Waals surface area contributed by atoms with Gasteiger partial charge in [-0.3, -0.25) is 4.79 Å². The number of nitrogens with zero attached hydrogens (tertiary/aromatic N) is 1. The van der Waals surface area contributed by atoms with Crippen LogP contribution in [0.25, 0.3) is 10.2 Å². The SMILES string of the molecule is COc1ccc2nc(NC(=O)CCCOc3ccc(Cl)c(C)c3)sc2c1. The zero-order valence-electron chi connectivity index (χ0n) is 14.5. The minimum Gasteiger partial charge on any atom is -0.497 e. The summed E-state index contributed by atoms with van der Waals surface area (Å²) in [5.41, 5.74) is 1.81. The molecule has 0 unspecified atom stereocenters. The van der Waals surface area contributed by atoms with Gasteiger partial charge in [0.25, 0.3) is 0 Å². The average molecular weight is 391 g/mol. The van der Waals surface area contributed by atoms with E-state index in [1.165, 1.54) is 11.3 Å². The number of methoxy groups -OCH3 is 1. The van der Waals surface area contributed by atoms with Crippen molar-refractivity contribution in [2.75, 3.05) is 19.0 Å². The zero-order valence-corrected chi connectivity index (χ0v) is 16.1. The highest BCUT2D eigenvalue weighted by Gasteiger charge is 2.09. The van der Waals surface area contributed by atoms with Crippen molar-refractivity contribution in [2.24, 2.45) is 0 Å². The molecule has 3 rings (SSSR count). The Hall–Kier alpha value is -2.31. The zero-order chi connectivity index (χ0) is 18.5. The molecule has 5 nitrogen and oxygen atoms in total. The van der Waals surface area contributed by atoms with Crippen molar-refractivity contribution in [3.63, 3.8) is 0 Å². The summed E-state index contributed by atoms with van der Waals surface area (Å²) < 4.78 is 11.8. The largest absolute Gasteiger partial charge is 0.497 e. The molecule has 7 heteroatoms. The van der Waals surface area contributed by atoms with Crippen LogP contribution in [0, 0.1) is 6.92 Å². The van der Waals surface area contributed by atoms with E-state index in [0.717, 1.165) is 27.3 Å². The molecule has 0 aliphatic heterocycles. The van der Waals surface area contributed by atoms with Crippen LogP contribution in [0.2, 0.25) is 5.02 Å². The van der Waals surface area contributed by atoms with E-state index in [1.807, 2.05) is 37.3 Å². The lowest BCUT2D eigenvalue weighted by atomic mass is 10.2. The van der Waals surface area contributed by atoms with Gasteiger partial charge in [-0.2, -0.15) is 0 Å². The Labute approximate surface area is 160 Å². The Morgan fingerprint density at radius 1 is 1.23 bits per heavy atom. The van der Waals surface area contributed by atoms with Crippen LogP contribution in [0.5, 0.6) is 11.5 Å². The van der Waals surface area contributed by atoms with Gasteiger partial charge in [-0.1, -0.05) is 22.9 Å². The fourth-order valence-corrected chi connectivity index (χ4v) is 3.42. The lowest BCUT2D eigenvalue weighted by Crippen LogP contribution is -2.12. The number of anilines is 1. The van der Waals surface area contributed by atoms with Crippen LogP contribution in [0.1, 0.15) is 18.4 Å². The number of ether oxygens (including phenoxy) is 2. The van der Waals surface area contributed by atoms with Crippen LogP contribution in [0.3, 0.4) is 0 Å². The first-order valence-corrected chi connectivity index (χ1v) is 9.38. The smallest absolute Gasteiger partial charge is 0.226 e. The Bertz CT molecular complexity index is 926. The molecule has 0 bridgehead atoms. The van der Waals surface area contributed by atoms with Gasteiger partial charge in [-0.05, 0) is 55.3 Å². The molecule has 0 saturated heterocycles.